The van der Waals surface area contributed by atoms with E-state index < -0.39 is 7.92 Å². The Bertz CT molecular complexity index is 1630. The smallest absolute Gasteiger partial charge is 0.00155 e. The van der Waals surface area contributed by atoms with Crippen LogP contribution in [0.3, 0.4) is 0 Å². The van der Waals surface area contributed by atoms with Crippen molar-refractivity contribution in [1.29, 1.82) is 0 Å². The maximum absolute atomic E-state index is 2.39. The molecule has 0 aliphatic carbocycles. The summed E-state index contributed by atoms with van der Waals surface area (Å²) in [5, 5.41) is 9.44. The molecule has 0 fully saturated rings. The van der Waals surface area contributed by atoms with Crippen molar-refractivity contribution in [3.05, 3.63) is 139 Å². The minimum absolute atomic E-state index is 0.761. The van der Waals surface area contributed by atoms with Crippen LogP contribution < -0.4 is 15.9 Å². The van der Waals surface area contributed by atoms with E-state index in [0.717, 1.165) is 0 Å². The Labute approximate surface area is 208 Å². The molecule has 0 nitrogen and oxygen atoms in total. The van der Waals surface area contributed by atoms with E-state index >= 15 is 0 Å². The van der Waals surface area contributed by atoms with Gasteiger partial charge in [-0.15, -0.1) is 0 Å². The van der Waals surface area contributed by atoms with Gasteiger partial charge in [-0.1, -0.05) is 127 Å². The van der Waals surface area contributed by atoms with Gasteiger partial charge in [-0.2, -0.15) is 0 Å². The Morgan fingerprint density at radius 3 is 1.57 bits per heavy atom. The molecule has 1 heteroatoms. The van der Waals surface area contributed by atoms with Gasteiger partial charge in [0.05, 0.1) is 0 Å². The van der Waals surface area contributed by atoms with E-state index in [0.29, 0.717) is 0 Å². The zero-order chi connectivity index (χ0) is 23.8. The quantitative estimate of drug-likeness (QED) is 0.231. The van der Waals surface area contributed by atoms with Gasteiger partial charge in [0.1, 0.15) is 0 Å². The molecule has 0 saturated heterocycles. The van der Waals surface area contributed by atoms with Gasteiger partial charge in [0.2, 0.25) is 0 Å². The first-order chi connectivity index (χ1) is 17.2. The fourth-order valence-electron chi connectivity index (χ4n) is 5.19. The minimum atomic E-state index is -0.761. The van der Waals surface area contributed by atoms with E-state index in [1.165, 1.54) is 59.7 Å². The van der Waals surface area contributed by atoms with Crippen LogP contribution in [0.5, 0.6) is 0 Å². The highest BCUT2D eigenvalue weighted by atomic mass is 31.1. The lowest BCUT2D eigenvalue weighted by Gasteiger charge is -2.26. The fourth-order valence-corrected chi connectivity index (χ4v) is 7.98. The summed E-state index contributed by atoms with van der Waals surface area (Å²) >= 11 is 0. The molecular formula is C34H27P. The Morgan fingerprint density at radius 2 is 0.914 bits per heavy atom. The van der Waals surface area contributed by atoms with Gasteiger partial charge in [0, 0.05) is 0 Å². The second-order valence-corrected chi connectivity index (χ2v) is 11.2. The third-order valence-corrected chi connectivity index (χ3v) is 9.74. The van der Waals surface area contributed by atoms with Crippen LogP contribution in [0.25, 0.3) is 32.7 Å². The number of benzene rings is 6. The Balaban J connectivity index is 1.76. The SMILES string of the molecule is Cc1ccccc1P(c1ccccc1C)c1ccc2ccccc2c1-c1cccc2ccccc12. The molecule has 6 aromatic rings. The van der Waals surface area contributed by atoms with Crippen molar-refractivity contribution in [2.75, 3.05) is 0 Å². The van der Waals surface area contributed by atoms with Crippen LogP contribution in [0.15, 0.2) is 127 Å². The molecule has 0 bridgehead atoms. The minimum Gasteiger partial charge on any atom is -0.0620 e. The molecule has 0 radical (unpaired) electrons. The Hall–Kier alpha value is -3.73. The van der Waals surface area contributed by atoms with Crippen LogP contribution in [-0.4, -0.2) is 0 Å². The van der Waals surface area contributed by atoms with E-state index in [1.807, 2.05) is 0 Å². The summed E-state index contributed by atoms with van der Waals surface area (Å²) in [5.74, 6) is 0. The summed E-state index contributed by atoms with van der Waals surface area (Å²) in [7, 11) is -0.761. The molecule has 0 saturated carbocycles. The summed E-state index contributed by atoms with van der Waals surface area (Å²) < 4.78 is 0. The van der Waals surface area contributed by atoms with Gasteiger partial charge in [0.15, 0.2) is 0 Å². The van der Waals surface area contributed by atoms with E-state index in [2.05, 4.69) is 141 Å². The molecule has 6 rings (SSSR count). The highest BCUT2D eigenvalue weighted by Gasteiger charge is 2.25. The van der Waals surface area contributed by atoms with Gasteiger partial charge in [-0.3, -0.25) is 0 Å². The molecule has 0 spiro atoms. The summed E-state index contributed by atoms with van der Waals surface area (Å²) in [6, 6.07) is 46.9. The number of aryl methyl sites for hydroxylation is 2. The average Bonchev–Trinajstić information content (AvgIpc) is 2.90. The third-order valence-electron chi connectivity index (χ3n) is 6.92. The second-order valence-electron chi connectivity index (χ2n) is 9.12. The van der Waals surface area contributed by atoms with Crippen LogP contribution in [-0.2, 0) is 0 Å². The second kappa shape index (κ2) is 9.14. The summed E-state index contributed by atoms with van der Waals surface area (Å²) in [5.41, 5.74) is 5.36. The topological polar surface area (TPSA) is 0 Å². The van der Waals surface area contributed by atoms with Crippen molar-refractivity contribution in [2.45, 2.75) is 13.8 Å². The summed E-state index contributed by atoms with van der Waals surface area (Å²) in [4.78, 5) is 0. The van der Waals surface area contributed by atoms with Crippen molar-refractivity contribution >= 4 is 45.4 Å². The van der Waals surface area contributed by atoms with E-state index in [-0.39, 0.29) is 0 Å². The maximum Gasteiger partial charge on any atom is -0.00155 e. The van der Waals surface area contributed by atoms with Crippen LogP contribution in [0.1, 0.15) is 11.1 Å². The lowest BCUT2D eigenvalue weighted by Crippen LogP contribution is -2.25. The van der Waals surface area contributed by atoms with Crippen LogP contribution in [0, 0.1) is 13.8 Å². The van der Waals surface area contributed by atoms with Crippen molar-refractivity contribution < 1.29 is 0 Å². The summed E-state index contributed by atoms with van der Waals surface area (Å²) in [6.07, 6.45) is 0. The van der Waals surface area contributed by atoms with Crippen molar-refractivity contribution in [2.24, 2.45) is 0 Å². The highest BCUT2D eigenvalue weighted by molar-refractivity contribution is 7.80. The zero-order valence-electron chi connectivity index (χ0n) is 20.1. The van der Waals surface area contributed by atoms with Crippen molar-refractivity contribution in [3.8, 4) is 11.1 Å². The number of hydrogen-bond acceptors (Lipinski definition) is 0. The van der Waals surface area contributed by atoms with Crippen LogP contribution >= 0.6 is 7.92 Å². The first-order valence-corrected chi connectivity index (χ1v) is 13.5. The molecular weight excluding hydrogens is 439 g/mol. The van der Waals surface area contributed by atoms with Crippen molar-refractivity contribution in [1.82, 2.24) is 0 Å². The normalized spacial score (nSPS) is 11.4. The highest BCUT2D eigenvalue weighted by Crippen LogP contribution is 2.43. The molecule has 0 unspecified atom stereocenters. The Kier molecular flexibility index (Phi) is 5.69. The zero-order valence-corrected chi connectivity index (χ0v) is 21.0. The monoisotopic (exact) mass is 466 g/mol. The number of hydrogen-bond donors (Lipinski definition) is 0. The van der Waals surface area contributed by atoms with Gasteiger partial charge in [0.25, 0.3) is 0 Å². The standard InChI is InChI=1S/C34H27P/c1-24-12-3-9-20-31(24)35(32-21-10-4-13-25(32)2)33-23-22-27-15-6-8-18-29(27)34(33)30-19-11-16-26-14-5-7-17-28(26)30/h3-23H,1-2H3. The molecule has 168 valence electrons. The van der Waals surface area contributed by atoms with Gasteiger partial charge < -0.3 is 0 Å². The number of fused-ring (bicyclic) bond motifs is 2. The molecule has 0 aliphatic heterocycles. The first kappa shape index (κ1) is 21.8. The van der Waals surface area contributed by atoms with E-state index in [9.17, 15) is 0 Å². The lowest BCUT2D eigenvalue weighted by atomic mass is 9.94. The molecule has 0 atom stereocenters. The lowest BCUT2D eigenvalue weighted by molar-refractivity contribution is 1.50. The van der Waals surface area contributed by atoms with E-state index in [1.54, 1.807) is 0 Å². The van der Waals surface area contributed by atoms with Crippen LogP contribution in [0.2, 0.25) is 0 Å². The molecule has 0 amide bonds. The average molecular weight is 467 g/mol. The fraction of sp³-hybridized carbons (Fsp3) is 0.0588. The predicted molar refractivity (Wildman–Crippen MR) is 155 cm³/mol. The van der Waals surface area contributed by atoms with E-state index in [4.69, 9.17) is 0 Å². The third kappa shape index (κ3) is 3.85. The summed E-state index contributed by atoms with van der Waals surface area (Å²) in [6.45, 7) is 4.50. The molecule has 0 aliphatic rings. The van der Waals surface area contributed by atoms with Gasteiger partial charge in [-0.25, -0.2) is 0 Å². The maximum atomic E-state index is 2.39. The number of rotatable bonds is 4. The van der Waals surface area contributed by atoms with Crippen LogP contribution in [0.4, 0.5) is 0 Å². The first-order valence-electron chi connectivity index (χ1n) is 12.1. The Morgan fingerprint density at radius 1 is 0.400 bits per heavy atom. The molecule has 0 N–H and O–H groups in total. The molecule has 0 aromatic heterocycles. The molecule has 35 heavy (non-hydrogen) atoms. The van der Waals surface area contributed by atoms with Gasteiger partial charge >= 0.3 is 0 Å². The van der Waals surface area contributed by atoms with Gasteiger partial charge in [-0.05, 0) is 81.5 Å². The molecule has 6 aromatic carbocycles. The molecule has 0 heterocycles. The largest absolute Gasteiger partial charge is 0.0620 e. The van der Waals surface area contributed by atoms with Crippen molar-refractivity contribution in [3.63, 3.8) is 0 Å². The predicted octanol–water partition coefficient (Wildman–Crippen LogP) is 8.04.